The fourth-order valence-electron chi connectivity index (χ4n) is 2.61. The largest absolute Gasteiger partial charge is 0.452 e. The quantitative estimate of drug-likeness (QED) is 0.604. The third-order valence-corrected chi connectivity index (χ3v) is 3.97. The summed E-state index contributed by atoms with van der Waals surface area (Å²) in [6.07, 6.45) is 0. The van der Waals surface area contributed by atoms with Gasteiger partial charge in [-0.15, -0.1) is 0 Å². The molecule has 9 heteroatoms. The summed E-state index contributed by atoms with van der Waals surface area (Å²) in [6, 6.07) is 11.4. The SMILES string of the molecule is CNC(=O)NC(=O)COC(=O)c1ccc(N2C(=O)c3ccccc3C2=O)cc1. The second-order valence-electron chi connectivity index (χ2n) is 5.74. The minimum atomic E-state index is -0.791. The van der Waals surface area contributed by atoms with Crippen LogP contribution in [0, 0.1) is 0 Å². The van der Waals surface area contributed by atoms with Crippen LogP contribution in [0.25, 0.3) is 0 Å². The minimum absolute atomic E-state index is 0.119. The molecule has 2 aromatic rings. The van der Waals surface area contributed by atoms with E-state index >= 15 is 0 Å². The van der Waals surface area contributed by atoms with Gasteiger partial charge in [0.1, 0.15) is 0 Å². The predicted octanol–water partition coefficient (Wildman–Crippen LogP) is 1.10. The van der Waals surface area contributed by atoms with Crippen LogP contribution in [0.2, 0.25) is 0 Å². The zero-order valence-corrected chi connectivity index (χ0v) is 14.7. The van der Waals surface area contributed by atoms with Crippen LogP contribution in [0.15, 0.2) is 48.5 Å². The molecule has 3 rings (SSSR count). The van der Waals surface area contributed by atoms with Crippen LogP contribution in [0.4, 0.5) is 10.5 Å². The van der Waals surface area contributed by atoms with E-state index in [-0.39, 0.29) is 5.56 Å². The highest BCUT2D eigenvalue weighted by Crippen LogP contribution is 2.28. The Hall–Kier alpha value is -4.01. The molecule has 0 saturated carbocycles. The predicted molar refractivity (Wildman–Crippen MR) is 96.9 cm³/mol. The first-order chi connectivity index (χ1) is 13.4. The van der Waals surface area contributed by atoms with Crippen molar-refractivity contribution in [1.29, 1.82) is 0 Å². The lowest BCUT2D eigenvalue weighted by Crippen LogP contribution is -2.39. The van der Waals surface area contributed by atoms with Crippen LogP contribution in [-0.4, -0.2) is 43.4 Å². The number of imide groups is 2. The van der Waals surface area contributed by atoms with Gasteiger partial charge in [-0.05, 0) is 36.4 Å². The summed E-state index contributed by atoms with van der Waals surface area (Å²) in [5, 5.41) is 4.14. The van der Waals surface area contributed by atoms with E-state index in [0.29, 0.717) is 16.8 Å². The maximum atomic E-state index is 12.5. The molecule has 1 aliphatic heterocycles. The van der Waals surface area contributed by atoms with Crippen molar-refractivity contribution in [3.8, 4) is 0 Å². The fourth-order valence-corrected chi connectivity index (χ4v) is 2.61. The lowest BCUT2D eigenvalue weighted by Gasteiger charge is -2.14. The van der Waals surface area contributed by atoms with Crippen LogP contribution in [-0.2, 0) is 9.53 Å². The molecule has 0 saturated heterocycles. The van der Waals surface area contributed by atoms with Gasteiger partial charge in [-0.3, -0.25) is 19.7 Å². The molecular formula is C19H15N3O6. The van der Waals surface area contributed by atoms with E-state index in [0.717, 1.165) is 4.90 Å². The molecule has 0 aliphatic carbocycles. The Morgan fingerprint density at radius 2 is 1.50 bits per heavy atom. The van der Waals surface area contributed by atoms with Gasteiger partial charge in [0.2, 0.25) is 0 Å². The fraction of sp³-hybridized carbons (Fsp3) is 0.105. The normalized spacial score (nSPS) is 12.4. The van der Waals surface area contributed by atoms with Crippen molar-refractivity contribution in [3.05, 3.63) is 65.2 Å². The summed E-state index contributed by atoms with van der Waals surface area (Å²) in [5.41, 5.74) is 1.06. The van der Waals surface area contributed by atoms with Gasteiger partial charge in [0.25, 0.3) is 17.7 Å². The zero-order chi connectivity index (χ0) is 20.3. The van der Waals surface area contributed by atoms with Gasteiger partial charge in [0, 0.05) is 7.05 Å². The molecule has 0 fully saturated rings. The average Bonchev–Trinajstić information content (AvgIpc) is 2.97. The van der Waals surface area contributed by atoms with Gasteiger partial charge in [-0.1, -0.05) is 12.1 Å². The lowest BCUT2D eigenvalue weighted by atomic mass is 10.1. The number of rotatable bonds is 4. The number of nitrogens with zero attached hydrogens (tertiary/aromatic N) is 1. The van der Waals surface area contributed by atoms with Crippen molar-refractivity contribution in [3.63, 3.8) is 0 Å². The Bertz CT molecular complexity index is 948. The van der Waals surface area contributed by atoms with Gasteiger partial charge in [0.05, 0.1) is 22.4 Å². The molecule has 1 aliphatic rings. The summed E-state index contributed by atoms with van der Waals surface area (Å²) < 4.78 is 4.82. The number of carbonyl (C=O) groups is 5. The number of hydrogen-bond acceptors (Lipinski definition) is 6. The highest BCUT2D eigenvalue weighted by molar-refractivity contribution is 6.34. The molecule has 0 radical (unpaired) electrons. The molecule has 0 bridgehead atoms. The number of carbonyl (C=O) groups excluding carboxylic acids is 5. The van der Waals surface area contributed by atoms with E-state index in [1.54, 1.807) is 24.3 Å². The number of benzene rings is 2. The van der Waals surface area contributed by atoms with Crippen molar-refractivity contribution in [2.45, 2.75) is 0 Å². The molecule has 2 N–H and O–H groups in total. The first-order valence-electron chi connectivity index (χ1n) is 8.19. The molecule has 0 atom stereocenters. The standard InChI is InChI=1S/C19H15N3O6/c1-20-19(27)21-15(23)10-28-18(26)11-6-8-12(9-7-11)22-16(24)13-4-2-3-5-14(13)17(22)25/h2-9H,10H2,1H3,(H2,20,21,23,27). The second kappa shape index (κ2) is 7.70. The number of esters is 1. The summed E-state index contributed by atoms with van der Waals surface area (Å²) in [4.78, 5) is 60.3. The van der Waals surface area contributed by atoms with Crippen molar-refractivity contribution in [2.75, 3.05) is 18.6 Å². The van der Waals surface area contributed by atoms with E-state index < -0.39 is 36.3 Å². The first kappa shape index (κ1) is 18.8. The highest BCUT2D eigenvalue weighted by Gasteiger charge is 2.36. The molecule has 1 heterocycles. The Morgan fingerprint density at radius 3 is 2.04 bits per heavy atom. The summed E-state index contributed by atoms with van der Waals surface area (Å²) in [6.45, 7) is -0.633. The van der Waals surface area contributed by atoms with Gasteiger partial charge in [-0.2, -0.15) is 0 Å². The van der Waals surface area contributed by atoms with E-state index in [1.807, 2.05) is 5.32 Å². The second-order valence-corrected chi connectivity index (χ2v) is 5.74. The first-order valence-corrected chi connectivity index (χ1v) is 8.19. The number of nitrogens with one attached hydrogen (secondary N) is 2. The van der Waals surface area contributed by atoms with E-state index in [9.17, 15) is 24.0 Å². The molecular weight excluding hydrogens is 366 g/mol. The Kier molecular flexibility index (Phi) is 5.16. The molecule has 9 nitrogen and oxygen atoms in total. The van der Waals surface area contributed by atoms with E-state index in [2.05, 4.69) is 5.32 Å². The molecule has 0 unspecified atom stereocenters. The van der Waals surface area contributed by atoms with Gasteiger partial charge in [0.15, 0.2) is 6.61 Å². The number of urea groups is 1. The third kappa shape index (κ3) is 3.58. The van der Waals surface area contributed by atoms with Crippen molar-refractivity contribution >= 4 is 35.4 Å². The summed E-state index contributed by atoms with van der Waals surface area (Å²) >= 11 is 0. The smallest absolute Gasteiger partial charge is 0.338 e. The third-order valence-electron chi connectivity index (χ3n) is 3.97. The lowest BCUT2D eigenvalue weighted by molar-refractivity contribution is -0.123. The highest BCUT2D eigenvalue weighted by atomic mass is 16.5. The molecule has 28 heavy (non-hydrogen) atoms. The molecule has 0 spiro atoms. The maximum Gasteiger partial charge on any atom is 0.338 e. The van der Waals surface area contributed by atoms with Crippen molar-refractivity contribution in [2.24, 2.45) is 0 Å². The maximum absolute atomic E-state index is 12.5. The van der Waals surface area contributed by atoms with E-state index in [4.69, 9.17) is 4.74 Å². The number of fused-ring (bicyclic) bond motifs is 1. The van der Waals surface area contributed by atoms with Crippen molar-refractivity contribution < 1.29 is 28.7 Å². The van der Waals surface area contributed by atoms with Crippen LogP contribution in [0.3, 0.4) is 0 Å². The molecule has 5 amide bonds. The number of ether oxygens (including phenoxy) is 1. The number of anilines is 1. The number of hydrogen-bond donors (Lipinski definition) is 2. The molecule has 2 aromatic carbocycles. The summed E-state index contributed by atoms with van der Waals surface area (Å²) in [5.74, 6) is -2.46. The topological polar surface area (TPSA) is 122 Å². The Morgan fingerprint density at radius 1 is 0.929 bits per heavy atom. The molecule has 0 aromatic heterocycles. The molecule has 142 valence electrons. The van der Waals surface area contributed by atoms with Crippen LogP contribution >= 0.6 is 0 Å². The monoisotopic (exact) mass is 381 g/mol. The Balaban J connectivity index is 1.67. The van der Waals surface area contributed by atoms with Crippen LogP contribution in [0.5, 0.6) is 0 Å². The van der Waals surface area contributed by atoms with Crippen molar-refractivity contribution in [1.82, 2.24) is 10.6 Å². The Labute approximate surface area is 159 Å². The zero-order valence-electron chi connectivity index (χ0n) is 14.7. The van der Waals surface area contributed by atoms with E-state index in [1.165, 1.54) is 31.3 Å². The minimum Gasteiger partial charge on any atom is -0.452 e. The average molecular weight is 381 g/mol. The number of amides is 5. The van der Waals surface area contributed by atoms with Crippen LogP contribution in [0.1, 0.15) is 31.1 Å². The van der Waals surface area contributed by atoms with Crippen LogP contribution < -0.4 is 15.5 Å². The van der Waals surface area contributed by atoms with Gasteiger partial charge >= 0.3 is 12.0 Å². The van der Waals surface area contributed by atoms with Gasteiger partial charge in [-0.25, -0.2) is 14.5 Å². The summed E-state index contributed by atoms with van der Waals surface area (Å²) in [7, 11) is 1.34. The van der Waals surface area contributed by atoms with Gasteiger partial charge < -0.3 is 10.1 Å².